The zero-order valence-electron chi connectivity index (χ0n) is 11.5. The van der Waals surface area contributed by atoms with Crippen molar-refractivity contribution in [1.29, 1.82) is 0 Å². The van der Waals surface area contributed by atoms with Crippen molar-refractivity contribution in [2.24, 2.45) is 0 Å². The largest absolute Gasteiger partial charge is 0.383 e. The van der Waals surface area contributed by atoms with Crippen molar-refractivity contribution >= 4 is 17.6 Å². The quantitative estimate of drug-likeness (QED) is 0.685. The van der Waals surface area contributed by atoms with Crippen LogP contribution in [0.4, 0.5) is 5.82 Å². The average Bonchev–Trinajstić information content (AvgIpc) is 2.26. The topological polar surface area (TPSA) is 77.6 Å². The number of nitrogens with zero attached hydrogens (tertiary/aromatic N) is 4. The molecule has 2 heterocycles. The number of aromatic nitrogens is 4. The lowest BCUT2D eigenvalue weighted by atomic mass is 10.1. The predicted octanol–water partition coefficient (Wildman–Crippen LogP) is 2.74. The molecule has 0 unspecified atom stereocenters. The highest BCUT2D eigenvalue weighted by Gasteiger charge is 2.15. The van der Waals surface area contributed by atoms with Crippen molar-refractivity contribution < 1.29 is 0 Å². The van der Waals surface area contributed by atoms with Gasteiger partial charge in [-0.2, -0.15) is 0 Å². The van der Waals surface area contributed by atoms with E-state index in [0.29, 0.717) is 11.0 Å². The second kappa shape index (κ2) is 5.52. The molecular weight excluding hydrogens is 258 g/mol. The Kier molecular flexibility index (Phi) is 3.99. The van der Waals surface area contributed by atoms with Crippen LogP contribution in [0, 0.1) is 13.8 Å². The summed E-state index contributed by atoms with van der Waals surface area (Å²) >= 11 is 1.43. The minimum atomic E-state index is 0.259. The van der Waals surface area contributed by atoms with E-state index in [1.165, 1.54) is 18.1 Å². The molecule has 0 aliphatic heterocycles. The van der Waals surface area contributed by atoms with E-state index in [-0.39, 0.29) is 5.92 Å². The van der Waals surface area contributed by atoms with Gasteiger partial charge < -0.3 is 5.73 Å². The summed E-state index contributed by atoms with van der Waals surface area (Å²) in [6.07, 6.45) is 1.48. The Labute approximate surface area is 117 Å². The highest BCUT2D eigenvalue weighted by molar-refractivity contribution is 7.99. The van der Waals surface area contributed by atoms with E-state index in [2.05, 4.69) is 33.8 Å². The van der Waals surface area contributed by atoms with E-state index in [1.54, 1.807) is 0 Å². The van der Waals surface area contributed by atoms with Crippen molar-refractivity contribution in [3.8, 4) is 0 Å². The van der Waals surface area contributed by atoms with Gasteiger partial charge in [-0.15, -0.1) is 0 Å². The molecule has 5 nitrogen and oxygen atoms in total. The Morgan fingerprint density at radius 1 is 1.11 bits per heavy atom. The lowest BCUT2D eigenvalue weighted by Gasteiger charge is -2.12. The number of aryl methyl sites for hydroxylation is 2. The van der Waals surface area contributed by atoms with Crippen LogP contribution in [-0.4, -0.2) is 19.9 Å². The third-order valence-electron chi connectivity index (χ3n) is 2.61. The van der Waals surface area contributed by atoms with E-state index in [9.17, 15) is 0 Å². The minimum absolute atomic E-state index is 0.259. The van der Waals surface area contributed by atoms with Gasteiger partial charge in [0.05, 0.1) is 0 Å². The Morgan fingerprint density at radius 2 is 1.74 bits per heavy atom. The summed E-state index contributed by atoms with van der Waals surface area (Å²) in [5.74, 6) is 0.784. The first-order valence-electron chi connectivity index (χ1n) is 6.08. The molecule has 0 fully saturated rings. The van der Waals surface area contributed by atoms with Crippen LogP contribution >= 0.6 is 11.8 Å². The lowest BCUT2D eigenvalue weighted by molar-refractivity contribution is 0.805. The second-order valence-electron chi connectivity index (χ2n) is 4.67. The first-order chi connectivity index (χ1) is 8.97. The smallest absolute Gasteiger partial charge is 0.194 e. The van der Waals surface area contributed by atoms with Crippen molar-refractivity contribution in [3.05, 3.63) is 29.3 Å². The van der Waals surface area contributed by atoms with Crippen LogP contribution in [0.1, 0.15) is 36.7 Å². The molecule has 0 atom stereocenters. The third kappa shape index (κ3) is 3.20. The Morgan fingerprint density at radius 3 is 2.32 bits per heavy atom. The van der Waals surface area contributed by atoms with E-state index in [1.807, 2.05) is 19.9 Å². The van der Waals surface area contributed by atoms with E-state index in [0.717, 1.165) is 22.0 Å². The summed E-state index contributed by atoms with van der Waals surface area (Å²) in [5, 5.41) is 1.52. The van der Waals surface area contributed by atoms with Gasteiger partial charge in [-0.25, -0.2) is 19.9 Å². The fraction of sp³-hybridized carbons (Fsp3) is 0.385. The molecule has 2 aromatic heterocycles. The lowest BCUT2D eigenvalue weighted by Crippen LogP contribution is -2.04. The highest BCUT2D eigenvalue weighted by Crippen LogP contribution is 2.32. The summed E-state index contributed by atoms with van der Waals surface area (Å²) < 4.78 is 0. The fourth-order valence-electron chi connectivity index (χ4n) is 1.84. The normalized spacial score (nSPS) is 11.0. The van der Waals surface area contributed by atoms with Gasteiger partial charge in [0.1, 0.15) is 17.2 Å². The Balaban J connectivity index is 2.40. The predicted molar refractivity (Wildman–Crippen MR) is 76.2 cm³/mol. The average molecular weight is 275 g/mol. The van der Waals surface area contributed by atoms with Gasteiger partial charge >= 0.3 is 0 Å². The number of rotatable bonds is 3. The zero-order chi connectivity index (χ0) is 14.0. The standard InChI is InChI=1S/C13H17N5S/c1-7(2)10-11(14)15-6-16-12(10)19-13-17-8(3)5-9(4)18-13/h5-7H,1-4H3,(H2,14,15,16). The molecule has 6 heteroatoms. The molecule has 0 saturated carbocycles. The van der Waals surface area contributed by atoms with Crippen LogP contribution in [0.15, 0.2) is 22.6 Å². The molecule has 2 rings (SSSR count). The summed E-state index contributed by atoms with van der Waals surface area (Å²) in [4.78, 5) is 17.2. The van der Waals surface area contributed by atoms with Crippen molar-refractivity contribution in [3.63, 3.8) is 0 Å². The maximum Gasteiger partial charge on any atom is 0.194 e. The molecule has 0 saturated heterocycles. The number of hydrogen-bond acceptors (Lipinski definition) is 6. The molecule has 2 N–H and O–H groups in total. The van der Waals surface area contributed by atoms with Crippen LogP contribution in [0.2, 0.25) is 0 Å². The number of nitrogens with two attached hydrogens (primary N) is 1. The SMILES string of the molecule is Cc1cc(C)nc(Sc2ncnc(N)c2C(C)C)n1. The molecular formula is C13H17N5S. The third-order valence-corrected chi connectivity index (χ3v) is 3.49. The molecule has 19 heavy (non-hydrogen) atoms. The number of hydrogen-bond donors (Lipinski definition) is 1. The van der Waals surface area contributed by atoms with Gasteiger partial charge in [0.2, 0.25) is 0 Å². The fourth-order valence-corrected chi connectivity index (χ4v) is 2.94. The van der Waals surface area contributed by atoms with Gasteiger partial charge in [0, 0.05) is 17.0 Å². The van der Waals surface area contributed by atoms with Crippen molar-refractivity contribution in [1.82, 2.24) is 19.9 Å². The minimum Gasteiger partial charge on any atom is -0.383 e. The molecule has 0 aliphatic carbocycles. The first-order valence-corrected chi connectivity index (χ1v) is 6.89. The Hall–Kier alpha value is -1.69. The first kappa shape index (κ1) is 13.7. The molecule has 0 bridgehead atoms. The van der Waals surface area contributed by atoms with Gasteiger partial charge in [-0.3, -0.25) is 0 Å². The summed E-state index contributed by atoms with van der Waals surface area (Å²) in [6, 6.07) is 1.95. The van der Waals surface area contributed by atoms with Crippen LogP contribution in [-0.2, 0) is 0 Å². The molecule has 0 amide bonds. The number of anilines is 1. The van der Waals surface area contributed by atoms with Crippen LogP contribution < -0.4 is 5.73 Å². The van der Waals surface area contributed by atoms with Crippen LogP contribution in [0.25, 0.3) is 0 Å². The van der Waals surface area contributed by atoms with Crippen LogP contribution in [0.5, 0.6) is 0 Å². The molecule has 0 aliphatic rings. The summed E-state index contributed by atoms with van der Waals surface area (Å²) in [7, 11) is 0. The van der Waals surface area contributed by atoms with Crippen LogP contribution in [0.3, 0.4) is 0 Å². The number of nitrogen functional groups attached to an aromatic ring is 1. The highest BCUT2D eigenvalue weighted by atomic mass is 32.2. The molecule has 0 spiro atoms. The maximum atomic E-state index is 5.93. The summed E-state index contributed by atoms with van der Waals surface area (Å²) in [5.41, 5.74) is 8.78. The Bertz CT molecular complexity index is 577. The van der Waals surface area contributed by atoms with Gasteiger partial charge in [-0.05, 0) is 37.6 Å². The summed E-state index contributed by atoms with van der Waals surface area (Å²) in [6.45, 7) is 8.05. The van der Waals surface area contributed by atoms with Crippen molar-refractivity contribution in [2.45, 2.75) is 43.8 Å². The van der Waals surface area contributed by atoms with E-state index in [4.69, 9.17) is 5.73 Å². The molecule has 100 valence electrons. The molecule has 0 aromatic carbocycles. The van der Waals surface area contributed by atoms with Gasteiger partial charge in [0.15, 0.2) is 5.16 Å². The van der Waals surface area contributed by atoms with Gasteiger partial charge in [-0.1, -0.05) is 13.8 Å². The van der Waals surface area contributed by atoms with E-state index >= 15 is 0 Å². The van der Waals surface area contributed by atoms with Gasteiger partial charge in [0.25, 0.3) is 0 Å². The van der Waals surface area contributed by atoms with E-state index < -0.39 is 0 Å². The van der Waals surface area contributed by atoms with Crippen molar-refractivity contribution in [2.75, 3.05) is 5.73 Å². The molecule has 2 aromatic rings. The zero-order valence-corrected chi connectivity index (χ0v) is 12.3. The monoisotopic (exact) mass is 275 g/mol. The maximum absolute atomic E-state index is 5.93. The molecule has 0 radical (unpaired) electrons. The second-order valence-corrected chi connectivity index (χ2v) is 5.62.